The van der Waals surface area contributed by atoms with Crippen LogP contribution in [0.1, 0.15) is 109 Å². The van der Waals surface area contributed by atoms with E-state index < -0.39 is 0 Å². The minimum Gasteiger partial charge on any atom is -0.462 e. The Morgan fingerprint density at radius 1 is 0.778 bits per heavy atom. The Balaban J connectivity index is 2.08. The molecule has 1 aromatic carbocycles. The second-order valence-electron chi connectivity index (χ2n) is 7.86. The molecule has 0 N–H and O–H groups in total. The summed E-state index contributed by atoms with van der Waals surface area (Å²) in [7, 11) is 0. The van der Waals surface area contributed by atoms with Crippen LogP contribution in [0.2, 0.25) is 0 Å². The molecule has 0 spiro atoms. The zero-order valence-electron chi connectivity index (χ0n) is 17.9. The lowest BCUT2D eigenvalue weighted by molar-refractivity contribution is -0.149. The van der Waals surface area contributed by atoms with Crippen molar-refractivity contribution in [3.8, 4) is 0 Å². The molecule has 0 fully saturated rings. The zero-order valence-corrected chi connectivity index (χ0v) is 17.9. The van der Waals surface area contributed by atoms with E-state index in [1.165, 1.54) is 69.8 Å². The summed E-state index contributed by atoms with van der Waals surface area (Å²) in [5.41, 5.74) is 1.20. The van der Waals surface area contributed by atoms with E-state index in [0.717, 1.165) is 25.7 Å². The highest BCUT2D eigenvalue weighted by molar-refractivity contribution is 5.69. The Morgan fingerprint density at radius 3 is 1.96 bits per heavy atom. The highest BCUT2D eigenvalue weighted by Crippen LogP contribution is 2.16. The van der Waals surface area contributed by atoms with Crippen molar-refractivity contribution in [3.63, 3.8) is 0 Å². The second-order valence-corrected chi connectivity index (χ2v) is 7.86. The van der Waals surface area contributed by atoms with Gasteiger partial charge in [-0.05, 0) is 31.2 Å². The number of esters is 1. The van der Waals surface area contributed by atoms with Crippen molar-refractivity contribution in [1.82, 2.24) is 0 Å². The molecular formula is C25H42O2. The van der Waals surface area contributed by atoms with Crippen LogP contribution in [-0.4, -0.2) is 12.1 Å². The van der Waals surface area contributed by atoms with Crippen molar-refractivity contribution in [2.75, 3.05) is 0 Å². The van der Waals surface area contributed by atoms with Crippen LogP contribution in [0.5, 0.6) is 0 Å². The first-order valence-electron chi connectivity index (χ1n) is 11.5. The fraction of sp³-hybridized carbons (Fsp3) is 0.720. The molecule has 0 saturated heterocycles. The quantitative estimate of drug-likeness (QED) is 0.207. The van der Waals surface area contributed by atoms with Crippen molar-refractivity contribution in [2.24, 2.45) is 0 Å². The molecule has 0 radical (unpaired) electrons. The molecule has 0 aliphatic heterocycles. The van der Waals surface area contributed by atoms with Crippen LogP contribution in [-0.2, 0) is 16.0 Å². The summed E-state index contributed by atoms with van der Waals surface area (Å²) in [5, 5.41) is 0. The highest BCUT2D eigenvalue weighted by Gasteiger charge is 2.13. The topological polar surface area (TPSA) is 26.3 Å². The number of hydrogen-bond donors (Lipinski definition) is 0. The van der Waals surface area contributed by atoms with Gasteiger partial charge in [-0.1, -0.05) is 108 Å². The normalized spacial score (nSPS) is 12.1. The van der Waals surface area contributed by atoms with E-state index in [4.69, 9.17) is 4.74 Å². The fourth-order valence-corrected chi connectivity index (χ4v) is 3.58. The number of carbonyl (C=O) groups is 1. The Labute approximate surface area is 168 Å². The molecule has 2 nitrogen and oxygen atoms in total. The third-order valence-corrected chi connectivity index (χ3v) is 5.25. The molecule has 0 aromatic heterocycles. The Kier molecular flexibility index (Phi) is 14.8. The minimum absolute atomic E-state index is 0.0376. The molecule has 0 bridgehead atoms. The molecule has 0 heterocycles. The van der Waals surface area contributed by atoms with E-state index >= 15 is 0 Å². The number of unbranched alkanes of at least 4 members (excludes halogenated alkanes) is 9. The number of rotatable bonds is 17. The maximum absolute atomic E-state index is 12.2. The van der Waals surface area contributed by atoms with Gasteiger partial charge in [0.05, 0.1) is 0 Å². The molecular weight excluding hydrogens is 332 g/mol. The summed E-state index contributed by atoms with van der Waals surface area (Å²) >= 11 is 0. The molecule has 1 unspecified atom stereocenters. The Hall–Kier alpha value is -1.31. The van der Waals surface area contributed by atoms with Crippen LogP contribution in [0.15, 0.2) is 30.3 Å². The molecule has 2 heteroatoms. The molecule has 1 rings (SSSR count). The van der Waals surface area contributed by atoms with Gasteiger partial charge in [0.25, 0.3) is 0 Å². The van der Waals surface area contributed by atoms with Gasteiger partial charge in [0, 0.05) is 6.42 Å². The maximum atomic E-state index is 12.2. The molecule has 0 amide bonds. The standard InChI is InChI=1S/C25H42O2/c1-3-5-6-7-8-9-10-11-12-16-20-24(17-4-2)27-25(26)22-21-23-18-14-13-15-19-23/h13-15,18-19,24H,3-12,16-17,20-22H2,1-2H3. The molecule has 0 aliphatic carbocycles. The monoisotopic (exact) mass is 374 g/mol. The average Bonchev–Trinajstić information content (AvgIpc) is 2.68. The Bertz CT molecular complexity index is 455. The van der Waals surface area contributed by atoms with Gasteiger partial charge in [-0.25, -0.2) is 0 Å². The summed E-state index contributed by atoms with van der Waals surface area (Å²) in [6, 6.07) is 10.2. The molecule has 1 aromatic rings. The second kappa shape index (κ2) is 16.8. The zero-order chi connectivity index (χ0) is 19.6. The van der Waals surface area contributed by atoms with Crippen molar-refractivity contribution in [2.45, 2.75) is 116 Å². The molecule has 27 heavy (non-hydrogen) atoms. The predicted molar refractivity (Wildman–Crippen MR) is 116 cm³/mol. The van der Waals surface area contributed by atoms with Crippen molar-refractivity contribution in [1.29, 1.82) is 0 Å². The van der Waals surface area contributed by atoms with Gasteiger partial charge in [0.1, 0.15) is 6.10 Å². The summed E-state index contributed by atoms with van der Waals surface area (Å²) in [5.74, 6) is -0.0376. The van der Waals surface area contributed by atoms with E-state index in [1.54, 1.807) is 0 Å². The largest absolute Gasteiger partial charge is 0.462 e. The number of aryl methyl sites for hydroxylation is 1. The maximum Gasteiger partial charge on any atom is 0.306 e. The first-order valence-corrected chi connectivity index (χ1v) is 11.5. The van der Waals surface area contributed by atoms with Crippen LogP contribution >= 0.6 is 0 Å². The lowest BCUT2D eigenvalue weighted by Crippen LogP contribution is -2.18. The first-order chi connectivity index (χ1) is 13.3. The molecule has 1 atom stereocenters. The van der Waals surface area contributed by atoms with Gasteiger partial charge in [0.2, 0.25) is 0 Å². The van der Waals surface area contributed by atoms with Gasteiger partial charge in [0.15, 0.2) is 0 Å². The summed E-state index contributed by atoms with van der Waals surface area (Å²) in [6.45, 7) is 4.44. The average molecular weight is 375 g/mol. The molecule has 154 valence electrons. The van der Waals surface area contributed by atoms with Crippen molar-refractivity contribution < 1.29 is 9.53 Å². The summed E-state index contributed by atoms with van der Waals surface area (Å²) in [6.07, 6.45) is 18.0. The number of carbonyl (C=O) groups excluding carboxylic acids is 1. The van der Waals surface area contributed by atoms with Crippen LogP contribution < -0.4 is 0 Å². The van der Waals surface area contributed by atoms with Crippen LogP contribution in [0.3, 0.4) is 0 Å². The highest BCUT2D eigenvalue weighted by atomic mass is 16.5. The number of benzene rings is 1. The SMILES string of the molecule is CCCCCCCCCCCCC(CCC)OC(=O)CCc1ccccc1. The van der Waals surface area contributed by atoms with E-state index in [0.29, 0.717) is 6.42 Å². The van der Waals surface area contributed by atoms with Gasteiger partial charge in [-0.15, -0.1) is 0 Å². The summed E-state index contributed by atoms with van der Waals surface area (Å²) < 4.78 is 5.76. The molecule has 0 saturated carbocycles. The Morgan fingerprint density at radius 2 is 1.37 bits per heavy atom. The third-order valence-electron chi connectivity index (χ3n) is 5.25. The lowest BCUT2D eigenvalue weighted by atomic mass is 10.0. The van der Waals surface area contributed by atoms with Gasteiger partial charge >= 0.3 is 5.97 Å². The first kappa shape index (κ1) is 23.7. The predicted octanol–water partition coefficient (Wildman–Crippen LogP) is 7.64. The number of ether oxygens (including phenoxy) is 1. The minimum atomic E-state index is -0.0376. The fourth-order valence-electron chi connectivity index (χ4n) is 3.58. The third kappa shape index (κ3) is 13.5. The van der Waals surface area contributed by atoms with Gasteiger partial charge in [-0.3, -0.25) is 4.79 Å². The van der Waals surface area contributed by atoms with Gasteiger partial charge in [-0.2, -0.15) is 0 Å². The van der Waals surface area contributed by atoms with Crippen molar-refractivity contribution in [3.05, 3.63) is 35.9 Å². The smallest absolute Gasteiger partial charge is 0.306 e. The van der Waals surface area contributed by atoms with Crippen molar-refractivity contribution >= 4 is 5.97 Å². The summed E-state index contributed by atoms with van der Waals surface area (Å²) in [4.78, 5) is 12.2. The number of hydrogen-bond acceptors (Lipinski definition) is 2. The van der Waals surface area contributed by atoms with E-state index in [9.17, 15) is 4.79 Å². The van der Waals surface area contributed by atoms with Crippen LogP contribution in [0.25, 0.3) is 0 Å². The van der Waals surface area contributed by atoms with Crippen LogP contribution in [0.4, 0.5) is 0 Å². The lowest BCUT2D eigenvalue weighted by Gasteiger charge is -2.17. The van der Waals surface area contributed by atoms with E-state index in [-0.39, 0.29) is 12.1 Å². The van der Waals surface area contributed by atoms with Gasteiger partial charge < -0.3 is 4.74 Å². The van der Waals surface area contributed by atoms with E-state index in [1.807, 2.05) is 18.2 Å². The van der Waals surface area contributed by atoms with Crippen LogP contribution in [0, 0.1) is 0 Å². The molecule has 0 aliphatic rings. The van der Waals surface area contributed by atoms with E-state index in [2.05, 4.69) is 26.0 Å².